The Morgan fingerprint density at radius 1 is 0.947 bits per heavy atom. The average molecular weight is 550 g/mol. The molecule has 4 atom stereocenters. The fourth-order valence-corrected chi connectivity index (χ4v) is 4.14. The second kappa shape index (κ2) is 14.4. The number of carboxylic acid groups (broad SMARTS) is 2. The number of para-hydroxylation sites is 1. The van der Waals surface area contributed by atoms with Gasteiger partial charge < -0.3 is 36.9 Å². The molecule has 12 nitrogen and oxygen atoms in total. The lowest BCUT2D eigenvalue weighted by molar-refractivity contribution is -0.143. The summed E-state index contributed by atoms with van der Waals surface area (Å²) in [7, 11) is 0. The summed E-state index contributed by atoms with van der Waals surface area (Å²) >= 11 is 4.15. The Labute approximate surface area is 225 Å². The molecule has 0 spiro atoms. The molecular formula is C25H35N5O7S. The molecule has 13 heteroatoms. The molecule has 1 aromatic heterocycles. The van der Waals surface area contributed by atoms with Gasteiger partial charge in [-0.25, -0.2) is 4.79 Å². The van der Waals surface area contributed by atoms with Crippen molar-refractivity contribution in [2.75, 3.05) is 5.75 Å². The van der Waals surface area contributed by atoms with E-state index in [0.717, 1.165) is 10.9 Å². The lowest BCUT2D eigenvalue weighted by Gasteiger charge is -2.24. The monoisotopic (exact) mass is 549 g/mol. The van der Waals surface area contributed by atoms with Crippen LogP contribution in [0, 0.1) is 5.92 Å². The minimum absolute atomic E-state index is 0.00699. The van der Waals surface area contributed by atoms with Gasteiger partial charge in [-0.3, -0.25) is 19.2 Å². The van der Waals surface area contributed by atoms with Gasteiger partial charge in [0.25, 0.3) is 0 Å². The number of hydrogen-bond acceptors (Lipinski definition) is 7. The molecule has 0 saturated heterocycles. The minimum Gasteiger partial charge on any atom is -0.481 e. The van der Waals surface area contributed by atoms with Gasteiger partial charge in [0.15, 0.2) is 0 Å². The van der Waals surface area contributed by atoms with Crippen LogP contribution < -0.4 is 21.7 Å². The van der Waals surface area contributed by atoms with Crippen molar-refractivity contribution in [2.45, 2.75) is 63.7 Å². The first-order chi connectivity index (χ1) is 17.9. The number of nitrogens with one attached hydrogen (secondary N) is 4. The highest BCUT2D eigenvalue weighted by atomic mass is 32.1. The maximum Gasteiger partial charge on any atom is 0.326 e. The zero-order valence-electron chi connectivity index (χ0n) is 21.3. The number of amides is 3. The summed E-state index contributed by atoms with van der Waals surface area (Å²) in [5.41, 5.74) is 7.40. The average Bonchev–Trinajstić information content (AvgIpc) is 3.26. The predicted molar refractivity (Wildman–Crippen MR) is 144 cm³/mol. The van der Waals surface area contributed by atoms with Crippen molar-refractivity contribution in [3.05, 3.63) is 36.0 Å². The molecule has 0 bridgehead atoms. The second-order valence-corrected chi connectivity index (χ2v) is 9.80. The van der Waals surface area contributed by atoms with E-state index >= 15 is 0 Å². The van der Waals surface area contributed by atoms with E-state index in [-0.39, 0.29) is 24.5 Å². The fraction of sp³-hybridized carbons (Fsp3) is 0.480. The van der Waals surface area contributed by atoms with Gasteiger partial charge in [0, 0.05) is 35.7 Å². The number of hydrogen-bond donors (Lipinski definition) is 8. The van der Waals surface area contributed by atoms with E-state index in [1.54, 1.807) is 6.20 Å². The first-order valence-electron chi connectivity index (χ1n) is 12.2. The van der Waals surface area contributed by atoms with Crippen LogP contribution in [0.5, 0.6) is 0 Å². The van der Waals surface area contributed by atoms with Crippen molar-refractivity contribution in [3.63, 3.8) is 0 Å². The summed E-state index contributed by atoms with van der Waals surface area (Å²) in [6, 6.07) is 2.66. The Morgan fingerprint density at radius 2 is 1.55 bits per heavy atom. The first kappa shape index (κ1) is 30.6. The summed E-state index contributed by atoms with van der Waals surface area (Å²) < 4.78 is 0. The number of fused-ring (bicyclic) bond motifs is 1. The number of rotatable bonds is 15. The van der Waals surface area contributed by atoms with Crippen LogP contribution in [0.3, 0.4) is 0 Å². The van der Waals surface area contributed by atoms with E-state index in [0.29, 0.717) is 12.0 Å². The number of benzene rings is 1. The van der Waals surface area contributed by atoms with Crippen molar-refractivity contribution in [2.24, 2.45) is 11.7 Å². The van der Waals surface area contributed by atoms with Gasteiger partial charge in [-0.1, -0.05) is 32.0 Å². The van der Waals surface area contributed by atoms with E-state index in [9.17, 15) is 29.1 Å². The zero-order chi connectivity index (χ0) is 28.4. The highest BCUT2D eigenvalue weighted by molar-refractivity contribution is 7.80. The number of thiol groups is 1. The fourth-order valence-electron chi connectivity index (χ4n) is 3.89. The molecule has 4 unspecified atom stereocenters. The number of carbonyl (C=O) groups excluding carboxylic acids is 3. The maximum atomic E-state index is 13.2. The van der Waals surface area contributed by atoms with Crippen molar-refractivity contribution in [3.8, 4) is 0 Å². The molecule has 0 saturated carbocycles. The third-order valence-corrected chi connectivity index (χ3v) is 6.24. The molecular weight excluding hydrogens is 514 g/mol. The Morgan fingerprint density at radius 3 is 2.16 bits per heavy atom. The van der Waals surface area contributed by atoms with Crippen LogP contribution in [0.2, 0.25) is 0 Å². The van der Waals surface area contributed by atoms with Gasteiger partial charge in [-0.05, 0) is 30.4 Å². The van der Waals surface area contributed by atoms with Crippen molar-refractivity contribution < 1.29 is 34.2 Å². The van der Waals surface area contributed by atoms with Gasteiger partial charge in [0.05, 0.1) is 6.04 Å². The lowest BCUT2D eigenvalue weighted by Crippen LogP contribution is -2.58. The van der Waals surface area contributed by atoms with E-state index in [2.05, 4.69) is 33.6 Å². The first-order valence-corrected chi connectivity index (χ1v) is 12.8. The van der Waals surface area contributed by atoms with Crippen molar-refractivity contribution in [1.29, 1.82) is 0 Å². The molecule has 0 aliphatic heterocycles. The molecule has 0 radical (unpaired) electrons. The Balaban J connectivity index is 2.25. The second-order valence-electron chi connectivity index (χ2n) is 9.44. The SMILES string of the molecule is CC(C)CC(N)C(=O)NC(CS)C(=O)NC(Cc1c[nH]c2ccccc12)C(=O)NC(CCC(=O)O)C(=O)O. The van der Waals surface area contributed by atoms with Crippen LogP contribution in [0.25, 0.3) is 10.9 Å². The smallest absolute Gasteiger partial charge is 0.326 e. The van der Waals surface area contributed by atoms with Gasteiger partial charge in [0.1, 0.15) is 18.1 Å². The number of H-pyrrole nitrogens is 1. The molecule has 1 aromatic carbocycles. The number of aliphatic carboxylic acids is 2. The van der Waals surface area contributed by atoms with E-state index in [1.807, 2.05) is 38.1 Å². The van der Waals surface area contributed by atoms with E-state index in [1.165, 1.54) is 0 Å². The minimum atomic E-state index is -1.48. The standard InChI is InChI=1S/C25H35N5O7S/c1-13(2)9-16(26)22(33)30-20(12-38)24(35)29-19(10-14-11-27-17-6-4-3-5-15(14)17)23(34)28-18(25(36)37)7-8-21(31)32/h3-6,11,13,16,18-20,27,38H,7-10,12,26H2,1-2H3,(H,28,34)(H,29,35)(H,30,33)(H,31,32)(H,36,37). The highest BCUT2D eigenvalue weighted by Gasteiger charge is 2.31. The van der Waals surface area contributed by atoms with Crippen molar-refractivity contribution >= 4 is 53.2 Å². The normalized spacial score (nSPS) is 14.3. The number of aromatic amines is 1. The Hall–Kier alpha value is -3.58. The number of carboxylic acids is 2. The largest absolute Gasteiger partial charge is 0.481 e. The number of carbonyl (C=O) groups is 5. The molecule has 208 valence electrons. The zero-order valence-corrected chi connectivity index (χ0v) is 22.2. The van der Waals surface area contributed by atoms with Gasteiger partial charge in [-0.2, -0.15) is 12.6 Å². The van der Waals surface area contributed by atoms with Crippen LogP contribution in [-0.4, -0.2) is 74.8 Å². The highest BCUT2D eigenvalue weighted by Crippen LogP contribution is 2.19. The number of nitrogens with two attached hydrogens (primary N) is 1. The van der Waals surface area contributed by atoms with Crippen LogP contribution in [0.4, 0.5) is 0 Å². The van der Waals surface area contributed by atoms with Crippen molar-refractivity contribution in [1.82, 2.24) is 20.9 Å². The molecule has 8 N–H and O–H groups in total. The lowest BCUT2D eigenvalue weighted by atomic mass is 10.0. The van der Waals surface area contributed by atoms with Gasteiger partial charge >= 0.3 is 11.9 Å². The molecule has 2 rings (SSSR count). The molecule has 3 amide bonds. The molecule has 0 aliphatic rings. The van der Waals surface area contributed by atoms with Crippen LogP contribution >= 0.6 is 12.6 Å². The predicted octanol–water partition coefficient (Wildman–Crippen LogP) is 0.417. The van der Waals surface area contributed by atoms with Crippen LogP contribution in [0.15, 0.2) is 30.5 Å². The van der Waals surface area contributed by atoms with Crippen LogP contribution in [0.1, 0.15) is 38.7 Å². The molecule has 0 aliphatic carbocycles. The summed E-state index contributed by atoms with van der Waals surface area (Å²) in [4.78, 5) is 64.4. The van der Waals surface area contributed by atoms with Crippen LogP contribution in [-0.2, 0) is 30.4 Å². The summed E-state index contributed by atoms with van der Waals surface area (Å²) in [6.07, 6.45) is 1.27. The van der Waals surface area contributed by atoms with E-state index in [4.69, 9.17) is 10.8 Å². The third-order valence-electron chi connectivity index (χ3n) is 5.87. The summed E-state index contributed by atoms with van der Waals surface area (Å²) in [5, 5.41) is 26.6. The third kappa shape index (κ3) is 9.06. The summed E-state index contributed by atoms with van der Waals surface area (Å²) in [6.45, 7) is 3.81. The molecule has 38 heavy (non-hydrogen) atoms. The maximum absolute atomic E-state index is 13.2. The van der Waals surface area contributed by atoms with Gasteiger partial charge in [0.2, 0.25) is 17.7 Å². The van der Waals surface area contributed by atoms with E-state index < -0.39 is 60.2 Å². The topological polar surface area (TPSA) is 204 Å². The quantitative estimate of drug-likeness (QED) is 0.146. The molecule has 2 aromatic rings. The Kier molecular flexibility index (Phi) is 11.6. The number of aromatic nitrogens is 1. The Bertz CT molecular complexity index is 1150. The van der Waals surface area contributed by atoms with Gasteiger partial charge in [-0.15, -0.1) is 0 Å². The molecule has 1 heterocycles. The molecule has 0 fully saturated rings. The summed E-state index contributed by atoms with van der Waals surface area (Å²) in [5.74, 6) is -4.60.